The summed E-state index contributed by atoms with van der Waals surface area (Å²) in [5.74, 6) is -0.318. The Morgan fingerprint density at radius 1 is 1.38 bits per heavy atom. The summed E-state index contributed by atoms with van der Waals surface area (Å²) in [4.78, 5) is 11.5. The summed E-state index contributed by atoms with van der Waals surface area (Å²) in [6.45, 7) is 14.8. The Morgan fingerprint density at radius 2 is 2.05 bits per heavy atom. The zero-order valence-electron chi connectivity index (χ0n) is 14.1. The lowest BCUT2D eigenvalue weighted by Gasteiger charge is -2.36. The fraction of sp³-hybridized carbons (Fsp3) is 0.733. The van der Waals surface area contributed by atoms with Crippen LogP contribution in [-0.4, -0.2) is 37.3 Å². The van der Waals surface area contributed by atoms with Crippen LogP contribution in [0, 0.1) is 0 Å². The van der Waals surface area contributed by atoms with Gasteiger partial charge in [0.05, 0.1) is 18.4 Å². The van der Waals surface area contributed by atoms with Crippen LogP contribution in [0.25, 0.3) is 0 Å². The number of esters is 1. The lowest BCUT2D eigenvalue weighted by molar-refractivity contribution is 0.0526. The van der Waals surface area contributed by atoms with Crippen molar-refractivity contribution in [2.24, 2.45) is 0 Å². The SMILES string of the molecule is CCOC(=O)c1cnn(CCCO[Si](C)(C)C(C)(C)C)c1. The van der Waals surface area contributed by atoms with Gasteiger partial charge in [0.25, 0.3) is 0 Å². The molecule has 1 heterocycles. The van der Waals surface area contributed by atoms with E-state index in [0.717, 1.165) is 19.6 Å². The predicted octanol–water partition coefficient (Wildman–Crippen LogP) is 3.47. The van der Waals surface area contributed by atoms with Crippen LogP contribution in [0.1, 0.15) is 44.5 Å². The summed E-state index contributed by atoms with van der Waals surface area (Å²) in [5.41, 5.74) is 0.502. The molecule has 0 aliphatic rings. The first-order chi connectivity index (χ1) is 9.67. The highest BCUT2D eigenvalue weighted by molar-refractivity contribution is 6.74. The van der Waals surface area contributed by atoms with Crippen molar-refractivity contribution in [2.45, 2.75) is 58.8 Å². The molecule has 0 saturated heterocycles. The lowest BCUT2D eigenvalue weighted by Crippen LogP contribution is -2.41. The normalized spacial score (nSPS) is 12.5. The first-order valence-electron chi connectivity index (χ1n) is 7.51. The van der Waals surface area contributed by atoms with Gasteiger partial charge in [-0.15, -0.1) is 0 Å². The third-order valence-corrected chi connectivity index (χ3v) is 8.48. The molecule has 5 nitrogen and oxygen atoms in total. The third-order valence-electron chi connectivity index (χ3n) is 3.95. The van der Waals surface area contributed by atoms with Crippen LogP contribution in [0.2, 0.25) is 18.1 Å². The topological polar surface area (TPSA) is 53.3 Å². The van der Waals surface area contributed by atoms with Crippen molar-refractivity contribution in [1.82, 2.24) is 9.78 Å². The zero-order valence-corrected chi connectivity index (χ0v) is 15.1. The predicted molar refractivity (Wildman–Crippen MR) is 85.9 cm³/mol. The van der Waals surface area contributed by atoms with E-state index < -0.39 is 8.32 Å². The molecule has 1 rings (SSSR count). The van der Waals surface area contributed by atoms with Gasteiger partial charge in [0.15, 0.2) is 8.32 Å². The largest absolute Gasteiger partial charge is 0.462 e. The van der Waals surface area contributed by atoms with Crippen molar-refractivity contribution >= 4 is 14.3 Å². The zero-order chi connectivity index (χ0) is 16.1. The maximum absolute atomic E-state index is 11.5. The molecular formula is C15H28N2O3Si. The van der Waals surface area contributed by atoms with Gasteiger partial charge in [-0.1, -0.05) is 20.8 Å². The van der Waals surface area contributed by atoms with E-state index in [1.54, 1.807) is 24.0 Å². The minimum absolute atomic E-state index is 0.232. The van der Waals surface area contributed by atoms with Crippen LogP contribution >= 0.6 is 0 Å². The average Bonchev–Trinajstić information content (AvgIpc) is 2.82. The van der Waals surface area contributed by atoms with Crippen molar-refractivity contribution in [1.29, 1.82) is 0 Å². The number of hydrogen-bond acceptors (Lipinski definition) is 4. The van der Waals surface area contributed by atoms with Gasteiger partial charge in [0.2, 0.25) is 0 Å². The van der Waals surface area contributed by atoms with E-state index in [1.165, 1.54) is 0 Å². The van der Waals surface area contributed by atoms with Gasteiger partial charge in [0.1, 0.15) is 0 Å². The summed E-state index contributed by atoms with van der Waals surface area (Å²) in [6, 6.07) is 0. The number of rotatable bonds is 7. The van der Waals surface area contributed by atoms with E-state index in [0.29, 0.717) is 12.2 Å². The second-order valence-electron chi connectivity index (χ2n) is 6.67. The number of aromatic nitrogens is 2. The van der Waals surface area contributed by atoms with Crippen molar-refractivity contribution in [3.8, 4) is 0 Å². The van der Waals surface area contributed by atoms with Crippen molar-refractivity contribution in [2.75, 3.05) is 13.2 Å². The molecule has 0 radical (unpaired) electrons. The van der Waals surface area contributed by atoms with Crippen molar-refractivity contribution < 1.29 is 14.0 Å². The van der Waals surface area contributed by atoms with Crippen LogP contribution in [0.15, 0.2) is 12.4 Å². The van der Waals surface area contributed by atoms with E-state index in [2.05, 4.69) is 39.0 Å². The van der Waals surface area contributed by atoms with Gasteiger partial charge in [-0.3, -0.25) is 4.68 Å². The Labute approximate surface area is 128 Å². The summed E-state index contributed by atoms with van der Waals surface area (Å²) in [7, 11) is -1.67. The van der Waals surface area contributed by atoms with Crippen molar-refractivity contribution in [3.05, 3.63) is 18.0 Å². The number of ether oxygens (including phenoxy) is 1. The minimum atomic E-state index is -1.67. The summed E-state index contributed by atoms with van der Waals surface area (Å²) >= 11 is 0. The molecule has 0 bridgehead atoms. The Hall–Kier alpha value is -1.14. The third kappa shape index (κ3) is 5.28. The van der Waals surface area contributed by atoms with Gasteiger partial charge in [-0.2, -0.15) is 5.10 Å². The first-order valence-corrected chi connectivity index (χ1v) is 10.4. The van der Waals surface area contributed by atoms with Crippen LogP contribution in [-0.2, 0) is 15.7 Å². The van der Waals surface area contributed by atoms with Crippen LogP contribution < -0.4 is 0 Å². The second kappa shape index (κ2) is 7.22. The second-order valence-corrected chi connectivity index (χ2v) is 11.5. The minimum Gasteiger partial charge on any atom is -0.462 e. The van der Waals surface area contributed by atoms with E-state index >= 15 is 0 Å². The fourth-order valence-corrected chi connectivity index (χ4v) is 2.66. The highest BCUT2D eigenvalue weighted by Gasteiger charge is 2.36. The molecule has 0 fully saturated rings. The molecule has 0 atom stereocenters. The summed E-state index contributed by atoms with van der Waals surface area (Å²) in [5, 5.41) is 4.41. The number of nitrogens with zero attached hydrogens (tertiary/aromatic N) is 2. The average molecular weight is 312 g/mol. The van der Waals surface area contributed by atoms with Crippen LogP contribution in [0.3, 0.4) is 0 Å². The Kier molecular flexibility index (Phi) is 6.16. The molecule has 0 amide bonds. The Morgan fingerprint density at radius 3 is 2.62 bits per heavy atom. The number of aryl methyl sites for hydroxylation is 1. The Bertz CT molecular complexity index is 464. The summed E-state index contributed by atoms with van der Waals surface area (Å²) < 4.78 is 12.8. The van der Waals surface area contributed by atoms with E-state index in [1.807, 2.05) is 0 Å². The quantitative estimate of drug-likeness (QED) is 0.439. The van der Waals surface area contributed by atoms with Gasteiger partial charge in [-0.05, 0) is 31.5 Å². The smallest absolute Gasteiger partial charge is 0.341 e. The summed E-state index contributed by atoms with van der Waals surface area (Å²) in [6.07, 6.45) is 4.16. The maximum Gasteiger partial charge on any atom is 0.341 e. The van der Waals surface area contributed by atoms with Crippen LogP contribution in [0.4, 0.5) is 0 Å². The molecule has 120 valence electrons. The molecule has 0 aliphatic heterocycles. The van der Waals surface area contributed by atoms with Gasteiger partial charge < -0.3 is 9.16 Å². The van der Waals surface area contributed by atoms with E-state index in [9.17, 15) is 4.79 Å². The van der Waals surface area contributed by atoms with E-state index in [4.69, 9.17) is 9.16 Å². The van der Waals surface area contributed by atoms with Crippen molar-refractivity contribution in [3.63, 3.8) is 0 Å². The molecule has 21 heavy (non-hydrogen) atoms. The highest BCUT2D eigenvalue weighted by atomic mass is 28.4. The number of carbonyl (C=O) groups excluding carboxylic acids is 1. The molecular weight excluding hydrogens is 284 g/mol. The highest BCUT2D eigenvalue weighted by Crippen LogP contribution is 2.36. The monoisotopic (exact) mass is 312 g/mol. The van der Waals surface area contributed by atoms with E-state index in [-0.39, 0.29) is 11.0 Å². The molecule has 0 aromatic carbocycles. The number of hydrogen-bond donors (Lipinski definition) is 0. The molecule has 0 aliphatic carbocycles. The fourth-order valence-electron chi connectivity index (χ4n) is 1.58. The lowest BCUT2D eigenvalue weighted by atomic mass is 10.2. The molecule has 0 unspecified atom stereocenters. The molecule has 0 spiro atoms. The first kappa shape index (κ1) is 17.9. The molecule has 1 aromatic heterocycles. The molecule has 1 aromatic rings. The Balaban J connectivity index is 2.39. The van der Waals surface area contributed by atoms with Gasteiger partial charge in [0, 0.05) is 19.3 Å². The molecule has 0 N–H and O–H groups in total. The van der Waals surface area contributed by atoms with Gasteiger partial charge >= 0.3 is 5.97 Å². The molecule has 0 saturated carbocycles. The van der Waals surface area contributed by atoms with Gasteiger partial charge in [-0.25, -0.2) is 4.79 Å². The van der Waals surface area contributed by atoms with Crippen LogP contribution in [0.5, 0.6) is 0 Å². The number of carbonyl (C=O) groups is 1. The maximum atomic E-state index is 11.5. The molecule has 6 heteroatoms. The standard InChI is InChI=1S/C15H28N2O3Si/c1-7-19-14(18)13-11-16-17(12-13)9-8-10-20-21(5,6)15(2,3)4/h11-12H,7-10H2,1-6H3.